The lowest BCUT2D eigenvalue weighted by Crippen LogP contribution is -1.98. The fourth-order valence-corrected chi connectivity index (χ4v) is 2.49. The van der Waals surface area contributed by atoms with Gasteiger partial charge in [0.05, 0.1) is 0 Å². The van der Waals surface area contributed by atoms with Gasteiger partial charge >= 0.3 is 0 Å². The molecule has 0 saturated carbocycles. The second-order valence-electron chi connectivity index (χ2n) is 5.08. The van der Waals surface area contributed by atoms with Gasteiger partial charge in [0, 0.05) is 11.4 Å². The first-order valence-corrected chi connectivity index (χ1v) is 7.17. The molecule has 1 N–H and O–H groups in total. The van der Waals surface area contributed by atoms with Crippen LogP contribution in [0.1, 0.15) is 18.4 Å². The van der Waals surface area contributed by atoms with Crippen molar-refractivity contribution in [2.45, 2.75) is 19.3 Å². The summed E-state index contributed by atoms with van der Waals surface area (Å²) in [6.07, 6.45) is 10.2. The Labute approximate surface area is 120 Å². The molecule has 100 valence electrons. The summed E-state index contributed by atoms with van der Waals surface area (Å²) in [7, 11) is 0. The Morgan fingerprint density at radius 3 is 2.45 bits per heavy atom. The normalized spacial score (nSPS) is 13.9. The minimum atomic E-state index is 0.993. The van der Waals surface area contributed by atoms with Crippen molar-refractivity contribution in [1.29, 1.82) is 0 Å². The highest BCUT2D eigenvalue weighted by Crippen LogP contribution is 2.24. The Bertz CT molecular complexity index is 623. The van der Waals surface area contributed by atoms with Crippen molar-refractivity contribution in [2.75, 3.05) is 5.32 Å². The molecule has 0 spiro atoms. The molecule has 1 nitrogen and oxygen atoms in total. The zero-order chi connectivity index (χ0) is 13.6. The molecule has 1 heteroatoms. The van der Waals surface area contributed by atoms with E-state index < -0.39 is 0 Å². The zero-order valence-electron chi connectivity index (χ0n) is 11.5. The van der Waals surface area contributed by atoms with Crippen LogP contribution in [-0.2, 0) is 6.42 Å². The molecule has 3 rings (SSSR count). The van der Waals surface area contributed by atoms with Crippen molar-refractivity contribution >= 4 is 11.4 Å². The van der Waals surface area contributed by atoms with Gasteiger partial charge in [-0.2, -0.15) is 0 Å². The average molecular weight is 261 g/mol. The van der Waals surface area contributed by atoms with Crippen LogP contribution >= 0.6 is 0 Å². The lowest BCUT2D eigenvalue weighted by atomic mass is 9.98. The van der Waals surface area contributed by atoms with Crippen molar-refractivity contribution in [3.05, 3.63) is 84.0 Å². The third-order valence-electron chi connectivity index (χ3n) is 3.54. The highest BCUT2D eigenvalue weighted by atomic mass is 14.9. The molecule has 1 aliphatic rings. The summed E-state index contributed by atoms with van der Waals surface area (Å²) >= 11 is 0. The molecule has 0 aliphatic heterocycles. The van der Waals surface area contributed by atoms with E-state index in [4.69, 9.17) is 0 Å². The Kier molecular flexibility index (Phi) is 3.98. The molecule has 0 bridgehead atoms. The maximum Gasteiger partial charge on any atom is 0.0420 e. The number of benzene rings is 2. The lowest BCUT2D eigenvalue weighted by molar-refractivity contribution is 0.994. The van der Waals surface area contributed by atoms with Crippen molar-refractivity contribution in [3.8, 4) is 0 Å². The summed E-state index contributed by atoms with van der Waals surface area (Å²) in [4.78, 5) is 0. The third-order valence-corrected chi connectivity index (χ3v) is 3.54. The van der Waals surface area contributed by atoms with Gasteiger partial charge in [-0.15, -0.1) is 0 Å². The smallest absolute Gasteiger partial charge is 0.0420 e. The second-order valence-corrected chi connectivity index (χ2v) is 5.08. The van der Waals surface area contributed by atoms with Crippen molar-refractivity contribution in [3.63, 3.8) is 0 Å². The first kappa shape index (κ1) is 12.7. The van der Waals surface area contributed by atoms with Crippen LogP contribution in [-0.4, -0.2) is 0 Å². The highest BCUT2D eigenvalue weighted by molar-refractivity contribution is 5.63. The van der Waals surface area contributed by atoms with Crippen LogP contribution in [0.25, 0.3) is 0 Å². The molecule has 0 fully saturated rings. The van der Waals surface area contributed by atoms with Gasteiger partial charge in [0.15, 0.2) is 0 Å². The predicted molar refractivity (Wildman–Crippen MR) is 86.3 cm³/mol. The van der Waals surface area contributed by atoms with Gasteiger partial charge < -0.3 is 5.32 Å². The summed E-state index contributed by atoms with van der Waals surface area (Å²) in [6.45, 7) is 0. The first-order valence-electron chi connectivity index (χ1n) is 7.17. The summed E-state index contributed by atoms with van der Waals surface area (Å²) in [5.74, 6) is 0. The summed E-state index contributed by atoms with van der Waals surface area (Å²) in [6, 6.07) is 18.9. The summed E-state index contributed by atoms with van der Waals surface area (Å²) in [5, 5.41) is 3.51. The van der Waals surface area contributed by atoms with Crippen LogP contribution in [0.2, 0.25) is 0 Å². The average Bonchev–Trinajstić information content (AvgIpc) is 2.51. The van der Waals surface area contributed by atoms with E-state index in [0.717, 1.165) is 12.1 Å². The molecule has 2 aromatic carbocycles. The Balaban J connectivity index is 1.81. The Morgan fingerprint density at radius 2 is 1.65 bits per heavy atom. The fraction of sp³-hybridized carbons (Fsp3) is 0.158. The van der Waals surface area contributed by atoms with Crippen LogP contribution < -0.4 is 5.32 Å². The molecule has 0 saturated heterocycles. The van der Waals surface area contributed by atoms with E-state index in [9.17, 15) is 0 Å². The first-order chi connectivity index (χ1) is 9.92. The maximum absolute atomic E-state index is 3.51. The molecule has 20 heavy (non-hydrogen) atoms. The van der Waals surface area contributed by atoms with Crippen molar-refractivity contribution < 1.29 is 0 Å². The van der Waals surface area contributed by atoms with Gasteiger partial charge in [0.25, 0.3) is 0 Å². The fourth-order valence-electron chi connectivity index (χ4n) is 2.49. The van der Waals surface area contributed by atoms with Gasteiger partial charge in [0.2, 0.25) is 0 Å². The van der Waals surface area contributed by atoms with Crippen LogP contribution in [0.5, 0.6) is 0 Å². The minimum Gasteiger partial charge on any atom is -0.355 e. The van der Waals surface area contributed by atoms with Gasteiger partial charge in [-0.1, -0.05) is 54.6 Å². The third kappa shape index (κ3) is 3.18. The highest BCUT2D eigenvalue weighted by Gasteiger charge is 2.05. The summed E-state index contributed by atoms with van der Waals surface area (Å²) < 4.78 is 0. The molecule has 0 aromatic heterocycles. The molecule has 2 aromatic rings. The summed E-state index contributed by atoms with van der Waals surface area (Å²) in [5.41, 5.74) is 5.08. The van der Waals surface area contributed by atoms with Gasteiger partial charge in [-0.05, 0) is 48.6 Å². The molecule has 0 heterocycles. The van der Waals surface area contributed by atoms with Crippen LogP contribution in [0.15, 0.2) is 78.4 Å². The minimum absolute atomic E-state index is 0.993. The Morgan fingerprint density at radius 1 is 0.850 bits per heavy atom. The Hall–Kier alpha value is -2.28. The second kappa shape index (κ2) is 6.25. The monoisotopic (exact) mass is 261 g/mol. The quantitative estimate of drug-likeness (QED) is 0.792. The standard InChI is InChI=1S/C19H19N/c1-3-9-16(10-4-1)15-17-11-7-8-14-19(17)20-18-12-5-2-6-13-18/h2-3,5-14,20H,1,4,15H2. The van der Waals surface area contributed by atoms with E-state index in [0.29, 0.717) is 0 Å². The van der Waals surface area contributed by atoms with Crippen molar-refractivity contribution in [1.82, 2.24) is 0 Å². The number of hydrogen-bond donors (Lipinski definition) is 1. The van der Waals surface area contributed by atoms with Gasteiger partial charge in [-0.25, -0.2) is 0 Å². The number of para-hydroxylation sites is 2. The molecule has 0 amide bonds. The molecule has 0 atom stereocenters. The van der Waals surface area contributed by atoms with Crippen LogP contribution in [0.3, 0.4) is 0 Å². The molecule has 0 radical (unpaired) electrons. The van der Waals surface area contributed by atoms with E-state index in [1.165, 1.54) is 29.7 Å². The van der Waals surface area contributed by atoms with E-state index >= 15 is 0 Å². The molecule has 0 unspecified atom stereocenters. The largest absolute Gasteiger partial charge is 0.355 e. The van der Waals surface area contributed by atoms with E-state index in [1.807, 2.05) is 6.07 Å². The molecule has 1 aliphatic carbocycles. The number of rotatable bonds is 4. The van der Waals surface area contributed by atoms with Crippen LogP contribution in [0, 0.1) is 0 Å². The number of nitrogens with one attached hydrogen (secondary N) is 1. The van der Waals surface area contributed by atoms with E-state index in [2.05, 4.69) is 72.1 Å². The van der Waals surface area contributed by atoms with E-state index in [-0.39, 0.29) is 0 Å². The zero-order valence-corrected chi connectivity index (χ0v) is 11.5. The number of allylic oxidation sites excluding steroid dienone is 4. The lowest BCUT2D eigenvalue weighted by Gasteiger charge is -2.13. The van der Waals surface area contributed by atoms with Gasteiger partial charge in [-0.3, -0.25) is 0 Å². The topological polar surface area (TPSA) is 12.0 Å². The predicted octanol–water partition coefficient (Wildman–Crippen LogP) is 5.25. The SMILES string of the molecule is C1=CC(Cc2ccccc2Nc2ccccc2)=CCC1. The van der Waals surface area contributed by atoms with Crippen molar-refractivity contribution in [2.24, 2.45) is 0 Å². The van der Waals surface area contributed by atoms with Crippen LogP contribution in [0.4, 0.5) is 11.4 Å². The van der Waals surface area contributed by atoms with E-state index in [1.54, 1.807) is 0 Å². The molecular weight excluding hydrogens is 242 g/mol. The number of hydrogen-bond acceptors (Lipinski definition) is 1. The van der Waals surface area contributed by atoms with Gasteiger partial charge in [0.1, 0.15) is 0 Å². The molecular formula is C19H19N. The maximum atomic E-state index is 3.51. The number of anilines is 2.